The molecule has 0 N–H and O–H groups in total. The van der Waals surface area contributed by atoms with Crippen molar-refractivity contribution in [1.82, 2.24) is 0 Å². The normalized spacial score (nSPS) is 13.9. The molecular weight excluding hydrogens is 474 g/mol. The summed E-state index contributed by atoms with van der Waals surface area (Å²) in [6.07, 6.45) is 1.66. The number of cyclic esters (lactones) is 1. The number of methoxy groups -OCH3 is 1. The predicted molar refractivity (Wildman–Crippen MR) is 141 cm³/mol. The summed E-state index contributed by atoms with van der Waals surface area (Å²) in [5, 5.41) is 0.640. The molecule has 4 aromatic rings. The van der Waals surface area contributed by atoms with Crippen LogP contribution in [0.15, 0.2) is 108 Å². The monoisotopic (exact) mass is 495 g/mol. The first-order valence-corrected chi connectivity index (χ1v) is 11.7. The molecule has 0 radical (unpaired) electrons. The van der Waals surface area contributed by atoms with E-state index in [-0.39, 0.29) is 11.6 Å². The fourth-order valence-corrected chi connectivity index (χ4v) is 3.98. The van der Waals surface area contributed by atoms with Crippen LogP contribution in [0, 0.1) is 0 Å². The molecule has 5 nitrogen and oxygen atoms in total. The topological polar surface area (TPSA) is 57.1 Å². The van der Waals surface area contributed by atoms with Crippen LogP contribution in [0.1, 0.15) is 16.7 Å². The number of esters is 1. The van der Waals surface area contributed by atoms with Crippen molar-refractivity contribution in [3.8, 4) is 22.6 Å². The van der Waals surface area contributed by atoms with Crippen LogP contribution in [0.4, 0.5) is 0 Å². The predicted octanol–water partition coefficient (Wildman–Crippen LogP) is 6.94. The van der Waals surface area contributed by atoms with Crippen molar-refractivity contribution >= 4 is 29.5 Å². The van der Waals surface area contributed by atoms with E-state index < -0.39 is 5.97 Å². The lowest BCUT2D eigenvalue weighted by atomic mass is 10.0. The van der Waals surface area contributed by atoms with Crippen molar-refractivity contribution in [3.63, 3.8) is 0 Å². The number of carbonyl (C=O) groups is 1. The van der Waals surface area contributed by atoms with Crippen LogP contribution in [0.2, 0.25) is 5.02 Å². The smallest absolute Gasteiger partial charge is 0.363 e. The van der Waals surface area contributed by atoms with Gasteiger partial charge in [0.15, 0.2) is 17.2 Å². The lowest BCUT2D eigenvalue weighted by Gasteiger charge is -2.12. The van der Waals surface area contributed by atoms with E-state index in [2.05, 4.69) is 4.99 Å². The molecular formula is C30H22ClNO4. The lowest BCUT2D eigenvalue weighted by Crippen LogP contribution is -2.05. The quantitative estimate of drug-likeness (QED) is 0.206. The molecule has 178 valence electrons. The van der Waals surface area contributed by atoms with Crippen LogP contribution in [0.5, 0.6) is 11.5 Å². The van der Waals surface area contributed by atoms with Crippen LogP contribution >= 0.6 is 11.6 Å². The highest BCUT2D eigenvalue weighted by Gasteiger charge is 2.24. The van der Waals surface area contributed by atoms with Gasteiger partial charge in [-0.25, -0.2) is 9.79 Å². The number of hydrogen-bond donors (Lipinski definition) is 0. The Bertz CT molecular complexity index is 1460. The van der Waals surface area contributed by atoms with E-state index >= 15 is 0 Å². The summed E-state index contributed by atoms with van der Waals surface area (Å²) in [5.74, 6) is 0.868. The number of halogens is 1. The van der Waals surface area contributed by atoms with E-state index in [1.54, 1.807) is 25.3 Å². The van der Waals surface area contributed by atoms with Gasteiger partial charge in [0.1, 0.15) is 6.61 Å². The Labute approximate surface area is 214 Å². The Hall–Kier alpha value is -4.35. The Kier molecular flexibility index (Phi) is 6.83. The van der Waals surface area contributed by atoms with Gasteiger partial charge < -0.3 is 14.2 Å². The zero-order chi connectivity index (χ0) is 24.9. The summed E-state index contributed by atoms with van der Waals surface area (Å²) >= 11 is 6.21. The van der Waals surface area contributed by atoms with Crippen molar-refractivity contribution in [1.29, 1.82) is 0 Å². The summed E-state index contributed by atoms with van der Waals surface area (Å²) in [7, 11) is 1.56. The first kappa shape index (κ1) is 23.4. The molecule has 0 atom stereocenters. The molecule has 1 heterocycles. The van der Waals surface area contributed by atoms with Crippen molar-refractivity contribution in [2.75, 3.05) is 7.11 Å². The maximum absolute atomic E-state index is 12.5. The Morgan fingerprint density at radius 3 is 2.28 bits per heavy atom. The third-order valence-electron chi connectivity index (χ3n) is 5.69. The largest absolute Gasteiger partial charge is 0.493 e. The molecule has 0 aromatic heterocycles. The minimum absolute atomic E-state index is 0.212. The molecule has 0 saturated heterocycles. The van der Waals surface area contributed by atoms with E-state index in [9.17, 15) is 4.79 Å². The van der Waals surface area contributed by atoms with Gasteiger partial charge in [0.2, 0.25) is 5.90 Å². The minimum atomic E-state index is -0.504. The molecule has 0 amide bonds. The van der Waals surface area contributed by atoms with Crippen LogP contribution in [-0.4, -0.2) is 19.0 Å². The van der Waals surface area contributed by atoms with Crippen LogP contribution < -0.4 is 9.47 Å². The van der Waals surface area contributed by atoms with Crippen molar-refractivity contribution < 1.29 is 19.0 Å². The molecule has 4 aromatic carbocycles. The number of ether oxygens (including phenoxy) is 3. The van der Waals surface area contributed by atoms with Gasteiger partial charge in [-0.3, -0.25) is 0 Å². The van der Waals surface area contributed by atoms with Gasteiger partial charge in [0, 0.05) is 16.1 Å². The second kappa shape index (κ2) is 10.5. The molecule has 0 spiro atoms. The van der Waals surface area contributed by atoms with Gasteiger partial charge in [0.05, 0.1) is 7.11 Å². The van der Waals surface area contributed by atoms with Crippen LogP contribution in [0.25, 0.3) is 17.2 Å². The minimum Gasteiger partial charge on any atom is -0.493 e. The fourth-order valence-electron chi connectivity index (χ4n) is 3.79. The average molecular weight is 496 g/mol. The van der Waals surface area contributed by atoms with Gasteiger partial charge in [-0.05, 0) is 53.1 Å². The molecule has 0 aliphatic carbocycles. The summed E-state index contributed by atoms with van der Waals surface area (Å²) in [4.78, 5) is 16.9. The Balaban J connectivity index is 1.33. The first-order chi connectivity index (χ1) is 17.6. The maximum Gasteiger partial charge on any atom is 0.363 e. The standard InChI is InChI=1S/C30H22ClNO4/c1-34-28-18-20(11-16-27(28)35-19-24-9-5-6-10-25(24)31)17-26-30(33)36-29(32-26)23-14-12-22(13-15-23)21-7-3-2-4-8-21/h2-18H,19H2,1H3/b26-17-. The number of rotatable bonds is 7. The SMILES string of the molecule is COc1cc(/C=C2\N=C(c3ccc(-c4ccccc4)cc3)OC2=O)ccc1OCc1ccccc1Cl. The molecule has 36 heavy (non-hydrogen) atoms. The highest BCUT2D eigenvalue weighted by atomic mass is 35.5. The van der Waals surface area contributed by atoms with E-state index in [0.29, 0.717) is 23.1 Å². The zero-order valence-corrected chi connectivity index (χ0v) is 20.2. The molecule has 1 aliphatic rings. The number of carbonyl (C=O) groups excluding carboxylic acids is 1. The third kappa shape index (κ3) is 5.16. The van der Waals surface area contributed by atoms with Gasteiger partial charge in [0.25, 0.3) is 0 Å². The van der Waals surface area contributed by atoms with E-state index in [1.165, 1.54) is 0 Å². The average Bonchev–Trinajstić information content (AvgIpc) is 3.29. The maximum atomic E-state index is 12.5. The molecule has 0 fully saturated rings. The number of nitrogens with zero attached hydrogens (tertiary/aromatic N) is 1. The number of hydrogen-bond acceptors (Lipinski definition) is 5. The molecule has 1 aliphatic heterocycles. The second-order valence-electron chi connectivity index (χ2n) is 8.07. The van der Waals surface area contributed by atoms with E-state index in [4.69, 9.17) is 25.8 Å². The number of benzene rings is 4. The summed E-state index contributed by atoms with van der Waals surface area (Å²) < 4.78 is 16.8. The molecule has 0 bridgehead atoms. The highest BCUT2D eigenvalue weighted by molar-refractivity contribution is 6.31. The van der Waals surface area contributed by atoms with Crippen LogP contribution in [-0.2, 0) is 16.1 Å². The Morgan fingerprint density at radius 2 is 1.53 bits per heavy atom. The zero-order valence-electron chi connectivity index (χ0n) is 19.5. The lowest BCUT2D eigenvalue weighted by molar-refractivity contribution is -0.129. The van der Waals surface area contributed by atoms with Gasteiger partial charge >= 0.3 is 5.97 Å². The summed E-state index contributed by atoms with van der Waals surface area (Å²) in [6, 6.07) is 30.7. The first-order valence-electron chi connectivity index (χ1n) is 11.3. The van der Waals surface area contributed by atoms with Crippen molar-refractivity contribution in [2.45, 2.75) is 6.61 Å². The highest BCUT2D eigenvalue weighted by Crippen LogP contribution is 2.31. The molecule has 0 unspecified atom stereocenters. The van der Waals surface area contributed by atoms with Gasteiger partial charge in [-0.15, -0.1) is 0 Å². The summed E-state index contributed by atoms with van der Waals surface area (Å²) in [6.45, 7) is 0.305. The summed E-state index contributed by atoms with van der Waals surface area (Å²) in [5.41, 5.74) is 4.73. The Morgan fingerprint density at radius 1 is 0.833 bits per heavy atom. The van der Waals surface area contributed by atoms with Crippen LogP contribution in [0.3, 0.4) is 0 Å². The van der Waals surface area contributed by atoms with Crippen molar-refractivity contribution in [3.05, 3.63) is 124 Å². The molecule has 6 heteroatoms. The van der Waals surface area contributed by atoms with Crippen molar-refractivity contribution in [2.24, 2.45) is 4.99 Å². The molecule has 0 saturated carbocycles. The van der Waals surface area contributed by atoms with Gasteiger partial charge in [-0.1, -0.05) is 78.3 Å². The van der Waals surface area contributed by atoms with E-state index in [0.717, 1.165) is 27.8 Å². The van der Waals surface area contributed by atoms with E-state index in [1.807, 2.05) is 84.9 Å². The number of aliphatic imine (C=N–C) groups is 1. The second-order valence-corrected chi connectivity index (χ2v) is 8.48. The fraction of sp³-hybridized carbons (Fsp3) is 0.0667. The van der Waals surface area contributed by atoms with Gasteiger partial charge in [-0.2, -0.15) is 0 Å². The third-order valence-corrected chi connectivity index (χ3v) is 6.06. The molecule has 5 rings (SSSR count).